The second kappa shape index (κ2) is 2.34. The normalized spacial score (nSPS) is 49.8. The first-order valence-corrected chi connectivity index (χ1v) is 5.09. The second-order valence-electron chi connectivity index (χ2n) is 4.24. The summed E-state index contributed by atoms with van der Waals surface area (Å²) < 4.78 is 10.9. The van der Waals surface area contributed by atoms with Gasteiger partial charge >= 0.3 is 5.24 Å². The lowest BCUT2D eigenvalue weighted by atomic mass is 9.74. The number of rotatable bonds is 0. The molecule has 0 radical (unpaired) electrons. The molecule has 1 saturated heterocycles. The predicted molar refractivity (Wildman–Crippen MR) is 47.8 cm³/mol. The number of hydrogen-bond donors (Lipinski definition) is 0. The molecule has 4 rings (SSSR count). The van der Waals surface area contributed by atoms with E-state index in [2.05, 4.69) is 0 Å². The van der Waals surface area contributed by atoms with E-state index in [9.17, 15) is 0 Å². The molecule has 3 aliphatic carbocycles. The first kappa shape index (κ1) is 7.13. The average Bonchev–Trinajstić information content (AvgIpc) is 2.15. The third-order valence-electron chi connectivity index (χ3n) is 3.37. The van der Waals surface area contributed by atoms with Gasteiger partial charge in [0, 0.05) is 12.2 Å². The van der Waals surface area contributed by atoms with Crippen molar-refractivity contribution in [3.05, 3.63) is 0 Å². The van der Waals surface area contributed by atoms with E-state index in [1.54, 1.807) is 0 Å². The van der Waals surface area contributed by atoms with E-state index in [0.717, 1.165) is 11.8 Å². The third-order valence-corrected chi connectivity index (χ3v) is 3.57. The van der Waals surface area contributed by atoms with Crippen LogP contribution >= 0.6 is 12.2 Å². The van der Waals surface area contributed by atoms with E-state index >= 15 is 0 Å². The van der Waals surface area contributed by atoms with Crippen molar-refractivity contribution in [1.29, 1.82) is 0 Å². The van der Waals surface area contributed by atoms with Crippen LogP contribution in [0.4, 0.5) is 0 Å². The van der Waals surface area contributed by atoms with Crippen LogP contribution in [-0.2, 0) is 9.47 Å². The maximum Gasteiger partial charge on any atom is 0.353 e. The zero-order chi connectivity index (χ0) is 8.13. The van der Waals surface area contributed by atoms with Crippen molar-refractivity contribution in [2.24, 2.45) is 11.8 Å². The molecule has 3 heteroatoms. The number of ether oxygens (including phenoxy) is 2. The lowest BCUT2D eigenvalue weighted by Crippen LogP contribution is -2.22. The maximum atomic E-state index is 5.45. The third kappa shape index (κ3) is 0.954. The molecule has 0 aromatic carbocycles. The molecular formula is C9H12O2S. The zero-order valence-corrected chi connectivity index (χ0v) is 7.68. The van der Waals surface area contributed by atoms with E-state index in [0.29, 0.717) is 5.24 Å². The molecule has 4 fully saturated rings. The Morgan fingerprint density at radius 2 is 1.42 bits per heavy atom. The molecule has 1 aliphatic heterocycles. The van der Waals surface area contributed by atoms with Crippen molar-refractivity contribution in [3.63, 3.8) is 0 Å². The predicted octanol–water partition coefficient (Wildman–Crippen LogP) is 1.88. The fourth-order valence-electron chi connectivity index (χ4n) is 2.74. The zero-order valence-electron chi connectivity index (χ0n) is 6.86. The molecule has 0 aromatic heterocycles. The molecule has 1 heterocycles. The van der Waals surface area contributed by atoms with Crippen LogP contribution in [0, 0.1) is 11.8 Å². The summed E-state index contributed by atoms with van der Waals surface area (Å²) in [6, 6.07) is 0. The smallest absolute Gasteiger partial charge is 0.353 e. The SMILES string of the molecule is S=C1O[C@H]2CC3CC(C3)C[C@@H]2O1. The van der Waals surface area contributed by atoms with Crippen molar-refractivity contribution in [1.82, 2.24) is 0 Å². The van der Waals surface area contributed by atoms with Crippen LogP contribution in [0.5, 0.6) is 0 Å². The topological polar surface area (TPSA) is 18.5 Å². The Morgan fingerprint density at radius 3 is 1.92 bits per heavy atom. The Labute approximate surface area is 77.2 Å². The lowest BCUT2D eigenvalue weighted by Gasteiger charge is -2.32. The molecule has 2 atom stereocenters. The van der Waals surface area contributed by atoms with Crippen LogP contribution in [0.15, 0.2) is 0 Å². The highest BCUT2D eigenvalue weighted by atomic mass is 32.1. The minimum absolute atomic E-state index is 0.287. The van der Waals surface area contributed by atoms with E-state index < -0.39 is 0 Å². The van der Waals surface area contributed by atoms with E-state index in [1.807, 2.05) is 0 Å². The van der Waals surface area contributed by atoms with Gasteiger partial charge in [-0.3, -0.25) is 0 Å². The minimum atomic E-state index is 0.287. The summed E-state index contributed by atoms with van der Waals surface area (Å²) in [7, 11) is 0. The fourth-order valence-corrected chi connectivity index (χ4v) is 2.99. The van der Waals surface area contributed by atoms with Gasteiger partial charge in [-0.2, -0.15) is 0 Å². The van der Waals surface area contributed by atoms with Crippen molar-refractivity contribution in [2.45, 2.75) is 37.9 Å². The highest BCUT2D eigenvalue weighted by Gasteiger charge is 2.45. The monoisotopic (exact) mass is 184 g/mol. The van der Waals surface area contributed by atoms with Crippen LogP contribution in [0.2, 0.25) is 0 Å². The number of thiocarbonyl (C=S) groups is 1. The highest BCUT2D eigenvalue weighted by Crippen LogP contribution is 2.46. The molecule has 0 amide bonds. The Kier molecular flexibility index (Phi) is 1.39. The maximum absolute atomic E-state index is 5.45. The summed E-state index contributed by atoms with van der Waals surface area (Å²) >= 11 is 4.89. The largest absolute Gasteiger partial charge is 0.450 e. The van der Waals surface area contributed by atoms with Crippen LogP contribution < -0.4 is 0 Å². The van der Waals surface area contributed by atoms with Crippen LogP contribution in [-0.4, -0.2) is 17.4 Å². The fraction of sp³-hybridized carbons (Fsp3) is 0.889. The molecule has 12 heavy (non-hydrogen) atoms. The Balaban J connectivity index is 1.80. The van der Waals surface area contributed by atoms with Crippen molar-refractivity contribution < 1.29 is 9.47 Å². The number of hydrogen-bond acceptors (Lipinski definition) is 3. The van der Waals surface area contributed by atoms with Crippen molar-refractivity contribution in [2.75, 3.05) is 0 Å². The molecule has 3 saturated carbocycles. The van der Waals surface area contributed by atoms with E-state index in [1.165, 1.54) is 25.7 Å². The summed E-state index contributed by atoms with van der Waals surface area (Å²) in [5, 5.41) is 0.381. The summed E-state index contributed by atoms with van der Waals surface area (Å²) in [5.74, 6) is 1.80. The van der Waals surface area contributed by atoms with Gasteiger partial charge in [0.15, 0.2) is 0 Å². The molecule has 0 N–H and O–H groups in total. The van der Waals surface area contributed by atoms with Gasteiger partial charge in [0.05, 0.1) is 0 Å². The van der Waals surface area contributed by atoms with Crippen molar-refractivity contribution >= 4 is 17.5 Å². The summed E-state index contributed by atoms with van der Waals surface area (Å²) in [4.78, 5) is 0. The highest BCUT2D eigenvalue weighted by molar-refractivity contribution is 7.79. The summed E-state index contributed by atoms with van der Waals surface area (Å²) in [5.41, 5.74) is 0. The van der Waals surface area contributed by atoms with Gasteiger partial charge in [0.25, 0.3) is 0 Å². The summed E-state index contributed by atoms with van der Waals surface area (Å²) in [6.45, 7) is 0. The Bertz CT molecular complexity index is 203. The van der Waals surface area contributed by atoms with Crippen LogP contribution in [0.3, 0.4) is 0 Å². The molecule has 2 nitrogen and oxygen atoms in total. The molecule has 2 bridgehead atoms. The van der Waals surface area contributed by atoms with E-state index in [-0.39, 0.29) is 12.2 Å². The lowest BCUT2D eigenvalue weighted by molar-refractivity contribution is 0.146. The molecular weight excluding hydrogens is 172 g/mol. The van der Waals surface area contributed by atoms with Crippen LogP contribution in [0.1, 0.15) is 25.7 Å². The average molecular weight is 184 g/mol. The quantitative estimate of drug-likeness (QED) is 0.535. The van der Waals surface area contributed by atoms with Crippen LogP contribution in [0.25, 0.3) is 0 Å². The van der Waals surface area contributed by atoms with Crippen molar-refractivity contribution in [3.8, 4) is 0 Å². The first-order chi connectivity index (χ1) is 5.81. The second-order valence-corrected chi connectivity index (χ2v) is 4.57. The molecule has 4 aliphatic rings. The van der Waals surface area contributed by atoms with Gasteiger partial charge in [-0.15, -0.1) is 0 Å². The Morgan fingerprint density at radius 1 is 0.917 bits per heavy atom. The standard InChI is InChI=1S/C9H12O2S/c12-9-10-7-3-5-1-6(2-5)4-8(7)11-9/h5-8H,1-4H2/t5?,6?,7-,8-/m0/s1. The molecule has 0 unspecified atom stereocenters. The van der Waals surface area contributed by atoms with Gasteiger partial charge < -0.3 is 9.47 Å². The van der Waals surface area contributed by atoms with Gasteiger partial charge in [0.2, 0.25) is 0 Å². The van der Waals surface area contributed by atoms with E-state index in [4.69, 9.17) is 21.7 Å². The van der Waals surface area contributed by atoms with Gasteiger partial charge in [-0.25, -0.2) is 0 Å². The summed E-state index contributed by atoms with van der Waals surface area (Å²) in [6.07, 6.45) is 5.70. The Hall–Kier alpha value is -0.310. The minimum Gasteiger partial charge on any atom is -0.450 e. The molecule has 0 spiro atoms. The molecule has 0 aromatic rings. The van der Waals surface area contributed by atoms with Gasteiger partial charge in [-0.05, 0) is 37.5 Å². The van der Waals surface area contributed by atoms with Gasteiger partial charge in [-0.1, -0.05) is 0 Å². The first-order valence-electron chi connectivity index (χ1n) is 4.68. The van der Waals surface area contributed by atoms with Gasteiger partial charge in [0.1, 0.15) is 12.2 Å². The molecule has 66 valence electrons.